The van der Waals surface area contributed by atoms with Crippen molar-refractivity contribution in [3.8, 4) is 5.75 Å². The van der Waals surface area contributed by atoms with Crippen LogP contribution in [0, 0.1) is 0 Å². The number of hydrogen-bond acceptors (Lipinski definition) is 6. The van der Waals surface area contributed by atoms with Crippen LogP contribution < -0.4 is 16.0 Å². The van der Waals surface area contributed by atoms with Gasteiger partial charge >= 0.3 is 17.2 Å². The summed E-state index contributed by atoms with van der Waals surface area (Å²) in [4.78, 5) is 35.8. The van der Waals surface area contributed by atoms with E-state index in [1.165, 1.54) is 6.07 Å². The Balaban J connectivity index is 2.15. The standard InChI is InChI=1S/C19H10O6/c1-2-15(20)23-10-7-8-12-14(9-10)25-19(22)17-16(12)11-5-3-4-6-13(11)24-18(17)21/h2-9H,1H2. The molecule has 0 aliphatic rings. The number of hydrogen-bond donors (Lipinski definition) is 0. The van der Waals surface area contributed by atoms with Gasteiger partial charge in [0.2, 0.25) is 0 Å². The second kappa shape index (κ2) is 5.45. The van der Waals surface area contributed by atoms with Crippen molar-refractivity contribution in [2.24, 2.45) is 0 Å². The number of ether oxygens (including phenoxy) is 1. The third-order valence-corrected chi connectivity index (χ3v) is 3.83. The molecule has 0 bridgehead atoms. The quantitative estimate of drug-likeness (QED) is 0.184. The van der Waals surface area contributed by atoms with E-state index < -0.39 is 17.2 Å². The van der Waals surface area contributed by atoms with Gasteiger partial charge in [-0.15, -0.1) is 0 Å². The molecule has 0 fully saturated rings. The van der Waals surface area contributed by atoms with Crippen LogP contribution in [0.2, 0.25) is 0 Å². The molecule has 2 aromatic heterocycles. The maximum atomic E-state index is 12.3. The number of fused-ring (bicyclic) bond motifs is 5. The first kappa shape index (κ1) is 14.9. The van der Waals surface area contributed by atoms with Crippen molar-refractivity contribution in [2.75, 3.05) is 0 Å². The van der Waals surface area contributed by atoms with Crippen LogP contribution in [0.1, 0.15) is 0 Å². The van der Waals surface area contributed by atoms with Crippen molar-refractivity contribution in [3.05, 3.63) is 76.0 Å². The third-order valence-electron chi connectivity index (χ3n) is 3.83. The van der Waals surface area contributed by atoms with Crippen molar-refractivity contribution in [1.82, 2.24) is 0 Å². The average Bonchev–Trinajstić information content (AvgIpc) is 2.61. The molecule has 0 aliphatic heterocycles. The van der Waals surface area contributed by atoms with Gasteiger partial charge in [0.05, 0.1) is 0 Å². The van der Waals surface area contributed by atoms with Crippen molar-refractivity contribution in [1.29, 1.82) is 0 Å². The molecule has 0 radical (unpaired) electrons. The molecule has 0 aliphatic carbocycles. The Kier molecular flexibility index (Phi) is 3.25. The summed E-state index contributed by atoms with van der Waals surface area (Å²) < 4.78 is 15.5. The largest absolute Gasteiger partial charge is 0.423 e. The highest BCUT2D eigenvalue weighted by molar-refractivity contribution is 6.16. The predicted molar refractivity (Wildman–Crippen MR) is 91.9 cm³/mol. The minimum absolute atomic E-state index is 0.151. The fourth-order valence-corrected chi connectivity index (χ4v) is 2.78. The summed E-state index contributed by atoms with van der Waals surface area (Å²) in [6.45, 7) is 3.32. The second-order valence-corrected chi connectivity index (χ2v) is 5.31. The van der Waals surface area contributed by atoms with Crippen LogP contribution in [0.3, 0.4) is 0 Å². The molecular formula is C19H10O6. The van der Waals surface area contributed by atoms with E-state index in [2.05, 4.69) is 6.58 Å². The molecule has 25 heavy (non-hydrogen) atoms. The second-order valence-electron chi connectivity index (χ2n) is 5.31. The summed E-state index contributed by atoms with van der Waals surface area (Å²) in [5.41, 5.74) is -1.00. The van der Waals surface area contributed by atoms with E-state index in [9.17, 15) is 14.4 Å². The van der Waals surface area contributed by atoms with E-state index in [-0.39, 0.29) is 16.7 Å². The van der Waals surface area contributed by atoms with E-state index in [1.807, 2.05) is 0 Å². The molecule has 0 unspecified atom stereocenters. The fraction of sp³-hybridized carbons (Fsp3) is 0. The van der Waals surface area contributed by atoms with Gasteiger partial charge in [0, 0.05) is 28.3 Å². The number of carbonyl (C=O) groups is 1. The summed E-state index contributed by atoms with van der Waals surface area (Å²) >= 11 is 0. The van der Waals surface area contributed by atoms with E-state index in [1.54, 1.807) is 36.4 Å². The predicted octanol–water partition coefficient (Wildman–Crippen LogP) is 3.14. The van der Waals surface area contributed by atoms with Crippen molar-refractivity contribution in [3.63, 3.8) is 0 Å². The number of benzene rings is 2. The summed E-state index contributed by atoms with van der Waals surface area (Å²) in [5, 5.41) is 1.45. The highest BCUT2D eigenvalue weighted by Crippen LogP contribution is 2.30. The molecule has 0 atom stereocenters. The van der Waals surface area contributed by atoms with Gasteiger partial charge in [0.1, 0.15) is 16.9 Å². The lowest BCUT2D eigenvalue weighted by atomic mass is 10.0. The monoisotopic (exact) mass is 334 g/mol. The van der Waals surface area contributed by atoms with Gasteiger partial charge in [-0.25, -0.2) is 14.4 Å². The third kappa shape index (κ3) is 2.31. The average molecular weight is 334 g/mol. The van der Waals surface area contributed by atoms with Gasteiger partial charge in [-0.3, -0.25) is 0 Å². The first-order valence-electron chi connectivity index (χ1n) is 7.35. The van der Waals surface area contributed by atoms with E-state index in [4.69, 9.17) is 13.6 Å². The van der Waals surface area contributed by atoms with Crippen LogP contribution in [0.5, 0.6) is 5.75 Å². The Morgan fingerprint density at radius 3 is 2.36 bits per heavy atom. The Morgan fingerprint density at radius 1 is 0.920 bits per heavy atom. The van der Waals surface area contributed by atoms with Gasteiger partial charge in [-0.2, -0.15) is 0 Å². The first-order valence-corrected chi connectivity index (χ1v) is 7.35. The SMILES string of the molecule is C=CC(=O)Oc1ccc2c(c1)oc(=O)c1c(=O)oc3ccccc3c12. The number of esters is 1. The summed E-state index contributed by atoms with van der Waals surface area (Å²) in [6.07, 6.45) is 1.03. The number of carbonyl (C=O) groups excluding carboxylic acids is 1. The molecular weight excluding hydrogens is 324 g/mol. The Hall–Kier alpha value is -3.67. The first-order chi connectivity index (χ1) is 12.1. The molecule has 2 heterocycles. The lowest BCUT2D eigenvalue weighted by Gasteiger charge is -2.07. The number of para-hydroxylation sites is 1. The lowest BCUT2D eigenvalue weighted by molar-refractivity contribution is -0.128. The van der Waals surface area contributed by atoms with Crippen LogP contribution in [0.4, 0.5) is 0 Å². The Bertz CT molecular complexity index is 1290. The van der Waals surface area contributed by atoms with Crippen molar-refractivity contribution < 1.29 is 18.4 Å². The molecule has 122 valence electrons. The van der Waals surface area contributed by atoms with Gasteiger partial charge in [-0.1, -0.05) is 24.8 Å². The lowest BCUT2D eigenvalue weighted by Crippen LogP contribution is -2.12. The minimum Gasteiger partial charge on any atom is -0.423 e. The van der Waals surface area contributed by atoms with Gasteiger partial charge in [-0.05, 0) is 18.2 Å². The number of rotatable bonds is 2. The maximum absolute atomic E-state index is 12.3. The highest BCUT2D eigenvalue weighted by Gasteiger charge is 2.16. The van der Waals surface area contributed by atoms with Crippen LogP contribution in [-0.4, -0.2) is 5.97 Å². The minimum atomic E-state index is -0.811. The summed E-state index contributed by atoms with van der Waals surface area (Å²) in [7, 11) is 0. The summed E-state index contributed by atoms with van der Waals surface area (Å²) in [5.74, 6) is -0.430. The van der Waals surface area contributed by atoms with Gasteiger partial charge in [0.15, 0.2) is 5.39 Å². The Labute approximate surface area is 139 Å². The molecule has 2 aromatic carbocycles. The topological polar surface area (TPSA) is 86.7 Å². The zero-order valence-electron chi connectivity index (χ0n) is 12.8. The van der Waals surface area contributed by atoms with Crippen LogP contribution >= 0.6 is 0 Å². The van der Waals surface area contributed by atoms with Crippen LogP contribution in [-0.2, 0) is 4.79 Å². The Morgan fingerprint density at radius 2 is 1.60 bits per heavy atom. The van der Waals surface area contributed by atoms with Crippen molar-refractivity contribution in [2.45, 2.75) is 0 Å². The molecule has 4 aromatic rings. The normalized spacial score (nSPS) is 11.0. The molecule has 0 amide bonds. The smallest absolute Gasteiger partial charge is 0.351 e. The molecule has 6 nitrogen and oxygen atoms in total. The zero-order chi connectivity index (χ0) is 17.6. The van der Waals surface area contributed by atoms with Gasteiger partial charge in [0.25, 0.3) is 0 Å². The molecule has 0 N–H and O–H groups in total. The highest BCUT2D eigenvalue weighted by atomic mass is 16.5. The van der Waals surface area contributed by atoms with Gasteiger partial charge < -0.3 is 13.6 Å². The molecule has 6 heteroatoms. The molecule has 0 saturated heterocycles. The summed E-state index contributed by atoms with van der Waals surface area (Å²) in [6, 6.07) is 11.5. The van der Waals surface area contributed by atoms with Crippen LogP contribution in [0.15, 0.2) is 73.5 Å². The van der Waals surface area contributed by atoms with E-state index in [0.717, 1.165) is 6.08 Å². The van der Waals surface area contributed by atoms with E-state index in [0.29, 0.717) is 21.7 Å². The van der Waals surface area contributed by atoms with Crippen LogP contribution in [0.25, 0.3) is 32.7 Å². The maximum Gasteiger partial charge on any atom is 0.351 e. The molecule has 0 spiro atoms. The zero-order valence-corrected chi connectivity index (χ0v) is 12.8. The molecule has 0 saturated carbocycles. The molecule has 4 rings (SSSR count). The van der Waals surface area contributed by atoms with Crippen molar-refractivity contribution >= 4 is 38.7 Å². The fourth-order valence-electron chi connectivity index (χ4n) is 2.78. The van der Waals surface area contributed by atoms with E-state index >= 15 is 0 Å².